The fraction of sp³-hybridized carbons (Fsp3) is 0.462. The van der Waals surface area contributed by atoms with Crippen LogP contribution in [-0.2, 0) is 0 Å². The summed E-state index contributed by atoms with van der Waals surface area (Å²) in [6.45, 7) is -0.409. The van der Waals surface area contributed by atoms with E-state index in [9.17, 15) is 18.0 Å². The van der Waals surface area contributed by atoms with Crippen LogP contribution in [0, 0.1) is 11.8 Å². The Morgan fingerprint density at radius 1 is 1.50 bits per heavy atom. The Bertz CT molecular complexity index is 514. The molecule has 0 aliphatic rings. The summed E-state index contributed by atoms with van der Waals surface area (Å²) in [4.78, 5) is 13.6. The van der Waals surface area contributed by atoms with Crippen LogP contribution in [0.5, 0.6) is 0 Å². The Hall–Kier alpha value is -1.52. The molecule has 0 aromatic carbocycles. The van der Waals surface area contributed by atoms with Gasteiger partial charge in [0.25, 0.3) is 5.91 Å². The first-order valence-corrected chi connectivity index (χ1v) is 6.72. The average Bonchev–Trinajstić information content (AvgIpc) is 2.83. The second kappa shape index (κ2) is 7.31. The number of nitrogens with zero attached hydrogens (tertiary/aromatic N) is 1. The molecule has 0 aliphatic heterocycles. The molecule has 1 N–H and O–H groups in total. The number of rotatable bonds is 4. The van der Waals surface area contributed by atoms with Crippen LogP contribution in [-0.4, -0.2) is 42.3 Å². The summed E-state index contributed by atoms with van der Waals surface area (Å²) in [5, 5.41) is 10.1. The van der Waals surface area contributed by atoms with Crippen LogP contribution in [0.2, 0.25) is 0 Å². The number of hydrogen-bond acceptors (Lipinski definition) is 3. The van der Waals surface area contributed by atoms with Crippen molar-refractivity contribution in [3.8, 4) is 11.8 Å². The predicted octanol–water partition coefficient (Wildman–Crippen LogP) is 2.51. The molecule has 1 aromatic rings. The van der Waals surface area contributed by atoms with Crippen LogP contribution >= 0.6 is 11.3 Å². The lowest BCUT2D eigenvalue weighted by Gasteiger charge is -2.17. The van der Waals surface area contributed by atoms with Gasteiger partial charge in [-0.05, 0) is 6.07 Å². The lowest BCUT2D eigenvalue weighted by Crippen LogP contribution is -2.30. The normalized spacial score (nSPS) is 10.8. The number of alkyl halides is 3. The van der Waals surface area contributed by atoms with Crippen molar-refractivity contribution in [2.45, 2.75) is 19.0 Å². The van der Waals surface area contributed by atoms with Crippen LogP contribution in [0.3, 0.4) is 0 Å². The maximum Gasteiger partial charge on any atom is 0.390 e. The molecule has 110 valence electrons. The molecular weight excluding hydrogens is 291 g/mol. The molecular formula is C13H14F3NO2S. The fourth-order valence-electron chi connectivity index (χ4n) is 1.34. The van der Waals surface area contributed by atoms with E-state index >= 15 is 0 Å². The van der Waals surface area contributed by atoms with Gasteiger partial charge in [0, 0.05) is 25.4 Å². The highest BCUT2D eigenvalue weighted by molar-refractivity contribution is 7.10. The summed E-state index contributed by atoms with van der Waals surface area (Å²) in [7, 11) is 1.34. The number of amides is 1. The second-order valence-electron chi connectivity index (χ2n) is 4.07. The van der Waals surface area contributed by atoms with Gasteiger partial charge in [-0.2, -0.15) is 13.2 Å². The highest BCUT2D eigenvalue weighted by Crippen LogP contribution is 2.20. The monoisotopic (exact) mass is 305 g/mol. The maximum atomic E-state index is 12.1. The molecule has 0 aliphatic carbocycles. The standard InChI is InChI=1S/C13H14F3NO2S/c1-17(6-5-13(14,15)16)12(19)10-8-11(20-9-10)4-2-3-7-18/h8-9,18H,3,5-7H2,1H3. The van der Waals surface area contributed by atoms with Gasteiger partial charge in [0.15, 0.2) is 0 Å². The van der Waals surface area contributed by atoms with Crippen LogP contribution in [0.1, 0.15) is 28.1 Å². The van der Waals surface area contributed by atoms with Crippen LogP contribution < -0.4 is 0 Å². The number of thiophene rings is 1. The Morgan fingerprint density at radius 3 is 2.80 bits per heavy atom. The minimum Gasteiger partial charge on any atom is -0.395 e. The minimum atomic E-state index is -4.27. The third kappa shape index (κ3) is 5.63. The van der Waals surface area contributed by atoms with E-state index in [1.165, 1.54) is 18.4 Å². The van der Waals surface area contributed by atoms with E-state index in [0.29, 0.717) is 16.9 Å². The second-order valence-corrected chi connectivity index (χ2v) is 4.98. The molecule has 3 nitrogen and oxygen atoms in total. The molecule has 0 spiro atoms. The first-order chi connectivity index (χ1) is 9.33. The van der Waals surface area contributed by atoms with Crippen molar-refractivity contribution in [1.82, 2.24) is 4.90 Å². The molecule has 0 atom stereocenters. The number of hydrogen-bond donors (Lipinski definition) is 1. The van der Waals surface area contributed by atoms with Crippen LogP contribution in [0.15, 0.2) is 11.4 Å². The summed E-state index contributed by atoms with van der Waals surface area (Å²) in [6.07, 6.45) is -4.96. The highest BCUT2D eigenvalue weighted by atomic mass is 32.1. The largest absolute Gasteiger partial charge is 0.395 e. The molecule has 1 rings (SSSR count). The van der Waals surface area contributed by atoms with E-state index in [1.54, 1.807) is 11.4 Å². The molecule has 1 amide bonds. The van der Waals surface area contributed by atoms with Gasteiger partial charge in [-0.25, -0.2) is 0 Å². The Kier molecular flexibility index (Phi) is 6.05. The predicted molar refractivity (Wildman–Crippen MR) is 70.5 cm³/mol. The summed E-state index contributed by atoms with van der Waals surface area (Å²) in [5.41, 5.74) is 0.327. The van der Waals surface area contributed by atoms with Crippen molar-refractivity contribution in [2.24, 2.45) is 0 Å². The van der Waals surface area contributed by atoms with E-state index in [2.05, 4.69) is 11.8 Å². The smallest absolute Gasteiger partial charge is 0.390 e. The van der Waals surface area contributed by atoms with E-state index < -0.39 is 18.5 Å². The van der Waals surface area contributed by atoms with Crippen LogP contribution in [0.25, 0.3) is 0 Å². The van der Waals surface area contributed by atoms with Gasteiger partial charge in [0.2, 0.25) is 0 Å². The van der Waals surface area contributed by atoms with Crippen molar-refractivity contribution in [3.05, 3.63) is 21.9 Å². The molecule has 0 saturated carbocycles. The number of carbonyl (C=O) groups excluding carboxylic acids is 1. The third-order valence-corrected chi connectivity index (χ3v) is 3.22. The van der Waals surface area contributed by atoms with E-state index in [-0.39, 0.29) is 13.2 Å². The average molecular weight is 305 g/mol. The lowest BCUT2D eigenvalue weighted by atomic mass is 10.2. The zero-order valence-electron chi connectivity index (χ0n) is 10.8. The zero-order chi connectivity index (χ0) is 15.2. The number of aliphatic hydroxyl groups is 1. The molecule has 1 heterocycles. The van der Waals surface area contributed by atoms with Crippen LogP contribution in [0.4, 0.5) is 13.2 Å². The van der Waals surface area contributed by atoms with Crippen molar-refractivity contribution in [3.63, 3.8) is 0 Å². The Morgan fingerprint density at radius 2 is 2.20 bits per heavy atom. The molecule has 20 heavy (non-hydrogen) atoms. The Labute approximate surface area is 119 Å². The molecule has 7 heteroatoms. The number of carbonyl (C=O) groups is 1. The minimum absolute atomic E-state index is 0.0374. The van der Waals surface area contributed by atoms with E-state index in [4.69, 9.17) is 5.11 Å². The Balaban J connectivity index is 2.62. The highest BCUT2D eigenvalue weighted by Gasteiger charge is 2.28. The van der Waals surface area contributed by atoms with Gasteiger partial charge in [-0.1, -0.05) is 11.8 Å². The van der Waals surface area contributed by atoms with Crippen molar-refractivity contribution in [1.29, 1.82) is 0 Å². The summed E-state index contributed by atoms with van der Waals surface area (Å²) >= 11 is 1.24. The summed E-state index contributed by atoms with van der Waals surface area (Å²) in [5.74, 6) is 5.03. The number of aliphatic hydroxyl groups excluding tert-OH is 1. The lowest BCUT2D eigenvalue weighted by molar-refractivity contribution is -0.136. The first kappa shape index (κ1) is 16.5. The van der Waals surface area contributed by atoms with E-state index in [0.717, 1.165) is 4.90 Å². The molecule has 1 aromatic heterocycles. The fourth-order valence-corrected chi connectivity index (χ4v) is 2.08. The molecule has 0 bridgehead atoms. The SMILES string of the molecule is CN(CCC(F)(F)F)C(=O)c1csc(C#CCCO)c1. The van der Waals surface area contributed by atoms with Gasteiger partial charge in [0.1, 0.15) is 0 Å². The van der Waals surface area contributed by atoms with Gasteiger partial charge < -0.3 is 10.0 Å². The third-order valence-electron chi connectivity index (χ3n) is 2.37. The summed E-state index contributed by atoms with van der Waals surface area (Å²) < 4.78 is 36.3. The molecule has 0 unspecified atom stereocenters. The zero-order valence-corrected chi connectivity index (χ0v) is 11.6. The molecule has 0 fully saturated rings. The first-order valence-electron chi connectivity index (χ1n) is 5.84. The van der Waals surface area contributed by atoms with Gasteiger partial charge >= 0.3 is 6.18 Å². The molecule has 0 saturated heterocycles. The van der Waals surface area contributed by atoms with Gasteiger partial charge in [0.05, 0.1) is 23.5 Å². The topological polar surface area (TPSA) is 40.5 Å². The van der Waals surface area contributed by atoms with E-state index in [1.807, 2.05) is 0 Å². The van der Waals surface area contributed by atoms with Crippen molar-refractivity contribution in [2.75, 3.05) is 20.2 Å². The van der Waals surface area contributed by atoms with Crippen molar-refractivity contribution < 1.29 is 23.1 Å². The summed E-state index contributed by atoms with van der Waals surface area (Å²) in [6, 6.07) is 1.54. The number of halogens is 3. The maximum absolute atomic E-state index is 12.1. The van der Waals surface area contributed by atoms with Crippen molar-refractivity contribution >= 4 is 17.2 Å². The van der Waals surface area contributed by atoms with Gasteiger partial charge in [-0.3, -0.25) is 4.79 Å². The quantitative estimate of drug-likeness (QED) is 0.868. The van der Waals surface area contributed by atoms with Gasteiger partial charge in [-0.15, -0.1) is 11.3 Å². The molecule has 0 radical (unpaired) electrons.